The molecular weight excluding hydrogens is 1190 g/mol. The van der Waals surface area contributed by atoms with Gasteiger partial charge in [-0.1, -0.05) is 305 Å². The first-order valence-corrected chi connectivity index (χ1v) is 39.8. The van der Waals surface area contributed by atoms with E-state index in [2.05, 4.69) is 48.5 Å². The van der Waals surface area contributed by atoms with Crippen molar-refractivity contribution in [1.29, 1.82) is 0 Å². The first-order valence-electron chi connectivity index (χ1n) is 36.8. The Bertz CT molecular complexity index is 1770. The minimum atomic E-state index is -4.95. The molecule has 0 aliphatic carbocycles. The monoisotopic (exact) mass is 1320 g/mol. The Labute approximate surface area is 549 Å². The van der Waals surface area contributed by atoms with Crippen molar-refractivity contribution in [3.05, 3.63) is 0 Å². The number of carbonyl (C=O) groups excluding carboxylic acids is 4. The smallest absolute Gasteiger partial charge is 0.462 e. The summed E-state index contributed by atoms with van der Waals surface area (Å²) in [7, 11) is -9.90. The third kappa shape index (κ3) is 64.8. The summed E-state index contributed by atoms with van der Waals surface area (Å²) in [6, 6.07) is 0. The molecule has 0 saturated heterocycles. The van der Waals surface area contributed by atoms with Crippen LogP contribution in [-0.2, 0) is 65.4 Å². The van der Waals surface area contributed by atoms with E-state index in [0.29, 0.717) is 31.6 Å². The highest BCUT2D eigenvalue weighted by molar-refractivity contribution is 7.47. The van der Waals surface area contributed by atoms with Crippen molar-refractivity contribution in [3.63, 3.8) is 0 Å². The van der Waals surface area contributed by atoms with Crippen LogP contribution in [0.25, 0.3) is 0 Å². The Morgan fingerprint density at radius 1 is 0.300 bits per heavy atom. The van der Waals surface area contributed by atoms with Crippen molar-refractivity contribution in [3.8, 4) is 0 Å². The highest BCUT2D eigenvalue weighted by Gasteiger charge is 2.30. The molecular formula is C71H138O17P2. The van der Waals surface area contributed by atoms with E-state index in [9.17, 15) is 43.2 Å². The van der Waals surface area contributed by atoms with E-state index in [-0.39, 0.29) is 25.7 Å². The van der Waals surface area contributed by atoms with Gasteiger partial charge in [0, 0.05) is 25.7 Å². The molecule has 19 heteroatoms. The Morgan fingerprint density at radius 3 is 0.756 bits per heavy atom. The lowest BCUT2D eigenvalue weighted by Crippen LogP contribution is -2.30. The van der Waals surface area contributed by atoms with Gasteiger partial charge in [-0.2, -0.15) is 0 Å². The van der Waals surface area contributed by atoms with E-state index in [1.807, 2.05) is 0 Å². The Hall–Kier alpha value is -1.94. The van der Waals surface area contributed by atoms with Gasteiger partial charge in [-0.3, -0.25) is 37.3 Å². The fourth-order valence-corrected chi connectivity index (χ4v) is 12.3. The lowest BCUT2D eigenvalue weighted by atomic mass is 10.0. The zero-order valence-electron chi connectivity index (χ0n) is 58.6. The van der Waals surface area contributed by atoms with Crippen LogP contribution in [0.5, 0.6) is 0 Å². The summed E-state index contributed by atoms with van der Waals surface area (Å²) in [5, 5.41) is 10.6. The van der Waals surface area contributed by atoms with Gasteiger partial charge >= 0.3 is 39.5 Å². The average Bonchev–Trinajstić information content (AvgIpc) is 2.94. The molecule has 0 aromatic heterocycles. The summed E-state index contributed by atoms with van der Waals surface area (Å²) in [4.78, 5) is 72.6. The van der Waals surface area contributed by atoms with Gasteiger partial charge in [0.15, 0.2) is 12.2 Å². The number of hydrogen-bond acceptors (Lipinski definition) is 15. The van der Waals surface area contributed by atoms with Crippen LogP contribution < -0.4 is 0 Å². The minimum absolute atomic E-state index is 0.104. The molecule has 3 N–H and O–H groups in total. The van der Waals surface area contributed by atoms with Crippen LogP contribution in [-0.4, -0.2) is 96.7 Å². The van der Waals surface area contributed by atoms with Gasteiger partial charge in [0.25, 0.3) is 0 Å². The van der Waals surface area contributed by atoms with Crippen LogP contribution in [0.4, 0.5) is 0 Å². The van der Waals surface area contributed by atoms with Crippen molar-refractivity contribution in [2.75, 3.05) is 39.6 Å². The second kappa shape index (κ2) is 61.9. The summed E-state index contributed by atoms with van der Waals surface area (Å²) < 4.78 is 68.3. The van der Waals surface area contributed by atoms with Crippen LogP contribution in [0.2, 0.25) is 0 Å². The van der Waals surface area contributed by atoms with E-state index >= 15 is 0 Å². The quantitative estimate of drug-likeness (QED) is 0.0222. The van der Waals surface area contributed by atoms with Crippen molar-refractivity contribution in [1.82, 2.24) is 0 Å². The third-order valence-electron chi connectivity index (χ3n) is 16.4. The van der Waals surface area contributed by atoms with Crippen molar-refractivity contribution in [2.24, 2.45) is 17.8 Å². The number of aliphatic hydroxyl groups excluding tert-OH is 1. The standard InChI is InChI=1S/C71H138O17P2/c1-8-9-10-11-12-13-14-15-16-17-20-24-32-40-47-54-70(75)87-66(58-81-68(73)52-45-38-31-23-21-18-19-22-28-35-42-49-62(2)3)60-85-89(77,78)83-56-65(72)57-84-90(79,80)86-61-67(59-82-69(74)53-46-39-34-27-30-37-44-51-64(6)7)88-71(76)55-48-41-33-26-25-29-36-43-50-63(4)5/h62-67,72H,8-61H2,1-7H3,(H,77,78)(H,79,80)/t65-,66-,67-/m1/s1. The molecule has 534 valence electrons. The first-order chi connectivity index (χ1) is 43.2. The van der Waals surface area contributed by atoms with Crippen molar-refractivity contribution in [2.45, 2.75) is 375 Å². The second-order valence-corrected chi connectivity index (χ2v) is 30.0. The fourth-order valence-electron chi connectivity index (χ4n) is 10.7. The molecule has 0 spiro atoms. The van der Waals surface area contributed by atoms with Gasteiger partial charge in [-0.15, -0.1) is 0 Å². The number of hydrogen-bond donors (Lipinski definition) is 3. The number of esters is 4. The number of aliphatic hydroxyl groups is 1. The summed E-state index contributed by atoms with van der Waals surface area (Å²) >= 11 is 0. The van der Waals surface area contributed by atoms with Crippen LogP contribution in [0, 0.1) is 17.8 Å². The molecule has 0 aromatic rings. The predicted molar refractivity (Wildman–Crippen MR) is 363 cm³/mol. The summed E-state index contributed by atoms with van der Waals surface area (Å²) in [5.41, 5.74) is 0. The number of carbonyl (C=O) groups is 4. The molecule has 0 bridgehead atoms. The molecule has 2 unspecified atom stereocenters. The maximum absolute atomic E-state index is 13.0. The summed E-state index contributed by atoms with van der Waals surface area (Å²) in [5.74, 6) is 0.0684. The summed E-state index contributed by atoms with van der Waals surface area (Å²) in [6.07, 6.45) is 45.9. The van der Waals surface area contributed by atoms with Gasteiger partial charge in [0.2, 0.25) is 0 Å². The van der Waals surface area contributed by atoms with Crippen LogP contribution >= 0.6 is 15.6 Å². The number of phosphoric ester groups is 2. The molecule has 5 atom stereocenters. The van der Waals surface area contributed by atoms with Crippen LogP contribution in [0.3, 0.4) is 0 Å². The SMILES string of the molecule is CCCCCCCCCCCCCCCCCC(=O)O[C@H](COC(=O)CCCCCCCCCCCCCC(C)C)COP(=O)(O)OC[C@@H](O)COP(=O)(O)OC[C@@H](COC(=O)CCCCCCCCCC(C)C)OC(=O)CCCCCCCCCCC(C)C. The number of phosphoric acid groups is 2. The van der Waals surface area contributed by atoms with Crippen molar-refractivity contribution >= 4 is 39.5 Å². The molecule has 17 nitrogen and oxygen atoms in total. The van der Waals surface area contributed by atoms with E-state index in [1.54, 1.807) is 0 Å². The molecule has 0 amide bonds. The van der Waals surface area contributed by atoms with Crippen molar-refractivity contribution < 1.29 is 80.2 Å². The topological polar surface area (TPSA) is 237 Å². The molecule has 0 aromatic carbocycles. The number of unbranched alkanes of at least 4 members (excludes halogenated alkanes) is 37. The van der Waals surface area contributed by atoms with E-state index in [0.717, 1.165) is 108 Å². The molecule has 90 heavy (non-hydrogen) atoms. The first kappa shape index (κ1) is 88.1. The lowest BCUT2D eigenvalue weighted by molar-refractivity contribution is -0.161. The zero-order valence-corrected chi connectivity index (χ0v) is 60.4. The third-order valence-corrected chi connectivity index (χ3v) is 18.3. The molecule has 0 radical (unpaired) electrons. The number of ether oxygens (including phenoxy) is 4. The van der Waals surface area contributed by atoms with Gasteiger partial charge in [0.1, 0.15) is 19.3 Å². The maximum Gasteiger partial charge on any atom is 0.472 e. The maximum atomic E-state index is 13.0. The molecule has 0 rings (SSSR count). The normalized spacial score (nSPS) is 14.2. The molecule has 0 aliphatic rings. The second-order valence-electron chi connectivity index (χ2n) is 27.1. The highest BCUT2D eigenvalue weighted by Crippen LogP contribution is 2.45. The minimum Gasteiger partial charge on any atom is -0.462 e. The summed E-state index contributed by atoms with van der Waals surface area (Å²) in [6.45, 7) is 11.8. The van der Waals surface area contributed by atoms with Gasteiger partial charge in [0.05, 0.1) is 26.4 Å². The van der Waals surface area contributed by atoms with Gasteiger partial charge in [-0.05, 0) is 43.4 Å². The number of rotatable bonds is 69. The zero-order chi connectivity index (χ0) is 66.6. The predicted octanol–water partition coefficient (Wildman–Crippen LogP) is 20.2. The molecule has 0 aliphatic heterocycles. The lowest BCUT2D eigenvalue weighted by Gasteiger charge is -2.21. The molecule has 0 heterocycles. The van der Waals surface area contributed by atoms with Gasteiger partial charge < -0.3 is 33.8 Å². The van der Waals surface area contributed by atoms with E-state index in [4.69, 9.17) is 37.0 Å². The molecule has 0 fully saturated rings. The van der Waals surface area contributed by atoms with E-state index in [1.165, 1.54) is 161 Å². The Balaban J connectivity index is 5.25. The molecule has 0 saturated carbocycles. The largest absolute Gasteiger partial charge is 0.472 e. The van der Waals surface area contributed by atoms with Crippen LogP contribution in [0.1, 0.15) is 357 Å². The van der Waals surface area contributed by atoms with Gasteiger partial charge in [-0.25, -0.2) is 9.13 Å². The van der Waals surface area contributed by atoms with Crippen LogP contribution in [0.15, 0.2) is 0 Å². The fraction of sp³-hybridized carbons (Fsp3) is 0.944. The Kier molecular flexibility index (Phi) is 60.6. The average molecular weight is 1330 g/mol. The van der Waals surface area contributed by atoms with E-state index < -0.39 is 97.5 Å². The highest BCUT2D eigenvalue weighted by atomic mass is 31.2. The Morgan fingerprint density at radius 2 is 0.511 bits per heavy atom.